The van der Waals surface area contributed by atoms with Crippen LogP contribution in [0.1, 0.15) is 38.6 Å². The Morgan fingerprint density at radius 1 is 1.17 bits per heavy atom. The largest absolute Gasteiger partial charge is 0.497 e. The molecule has 1 aliphatic carbocycles. The van der Waals surface area contributed by atoms with E-state index in [2.05, 4.69) is 5.32 Å². The van der Waals surface area contributed by atoms with Gasteiger partial charge in [-0.15, -0.1) is 11.3 Å². The van der Waals surface area contributed by atoms with E-state index in [1.54, 1.807) is 38.5 Å². The van der Waals surface area contributed by atoms with E-state index < -0.39 is 0 Å². The van der Waals surface area contributed by atoms with Crippen LogP contribution in [0.3, 0.4) is 0 Å². The fourth-order valence-corrected chi connectivity index (χ4v) is 4.04. The van der Waals surface area contributed by atoms with Crippen LogP contribution in [0.4, 0.5) is 5.00 Å². The second kappa shape index (κ2) is 8.62. The number of benzene rings is 1. The standard InChI is InChI=1S/C22H22N2O5S/c1-27-16-7-8-17(28-2)14(12-16)13-24(15-5-6-15)22(26)19-9-10-20(30-19)23-21(25)18-4-3-11-29-18/h3-4,7-12,15H,5-6,13H2,1-2H3,(H,23,25). The SMILES string of the molecule is COc1ccc(OC)c(CN(C(=O)c2ccc(NC(=O)c3ccco3)s2)C2CC2)c1. The maximum Gasteiger partial charge on any atom is 0.291 e. The van der Waals surface area contributed by atoms with E-state index in [0.717, 1.165) is 18.4 Å². The number of carbonyl (C=O) groups excluding carboxylic acids is 2. The van der Waals surface area contributed by atoms with Crippen LogP contribution in [0, 0.1) is 0 Å². The molecule has 30 heavy (non-hydrogen) atoms. The number of hydrogen-bond acceptors (Lipinski definition) is 6. The minimum Gasteiger partial charge on any atom is -0.497 e. The third-order valence-electron chi connectivity index (χ3n) is 4.88. The van der Waals surface area contributed by atoms with Gasteiger partial charge in [-0.05, 0) is 55.3 Å². The van der Waals surface area contributed by atoms with Crippen molar-refractivity contribution >= 4 is 28.2 Å². The van der Waals surface area contributed by atoms with Gasteiger partial charge in [-0.1, -0.05) is 0 Å². The summed E-state index contributed by atoms with van der Waals surface area (Å²) in [7, 11) is 3.22. The molecule has 0 unspecified atom stereocenters. The maximum atomic E-state index is 13.2. The van der Waals surface area contributed by atoms with Crippen molar-refractivity contribution in [2.75, 3.05) is 19.5 Å². The van der Waals surface area contributed by atoms with Crippen molar-refractivity contribution < 1.29 is 23.5 Å². The van der Waals surface area contributed by atoms with Gasteiger partial charge in [0.2, 0.25) is 0 Å². The molecule has 8 heteroatoms. The molecule has 2 heterocycles. The van der Waals surface area contributed by atoms with Crippen molar-refractivity contribution in [1.29, 1.82) is 0 Å². The zero-order valence-electron chi connectivity index (χ0n) is 16.7. The molecule has 0 bridgehead atoms. The Kier molecular flexibility index (Phi) is 5.76. The van der Waals surface area contributed by atoms with E-state index in [9.17, 15) is 9.59 Å². The summed E-state index contributed by atoms with van der Waals surface area (Å²) in [5.74, 6) is 1.24. The zero-order chi connectivity index (χ0) is 21.1. The number of amides is 2. The fraction of sp³-hybridized carbons (Fsp3) is 0.273. The summed E-state index contributed by atoms with van der Waals surface area (Å²) in [6.07, 6.45) is 3.40. The van der Waals surface area contributed by atoms with Crippen LogP contribution in [0.25, 0.3) is 0 Å². The van der Waals surface area contributed by atoms with Gasteiger partial charge in [0.25, 0.3) is 11.8 Å². The van der Waals surface area contributed by atoms with Crippen LogP contribution in [0.5, 0.6) is 11.5 Å². The Hall–Kier alpha value is -3.26. The van der Waals surface area contributed by atoms with Gasteiger partial charge >= 0.3 is 0 Å². The van der Waals surface area contributed by atoms with Gasteiger partial charge in [0.15, 0.2) is 5.76 Å². The van der Waals surface area contributed by atoms with Gasteiger partial charge in [0.05, 0.1) is 36.9 Å². The summed E-state index contributed by atoms with van der Waals surface area (Å²) in [4.78, 5) is 27.8. The molecular weight excluding hydrogens is 404 g/mol. The number of carbonyl (C=O) groups is 2. The first-order valence-electron chi connectivity index (χ1n) is 9.55. The van der Waals surface area contributed by atoms with Crippen LogP contribution in [0.2, 0.25) is 0 Å². The van der Waals surface area contributed by atoms with Crippen molar-refractivity contribution in [2.45, 2.75) is 25.4 Å². The van der Waals surface area contributed by atoms with Crippen LogP contribution < -0.4 is 14.8 Å². The van der Waals surface area contributed by atoms with Crippen molar-refractivity contribution in [1.82, 2.24) is 4.90 Å². The molecule has 0 aliphatic heterocycles. The number of nitrogens with one attached hydrogen (secondary N) is 1. The Balaban J connectivity index is 1.51. The molecule has 2 aromatic heterocycles. The number of methoxy groups -OCH3 is 2. The minimum absolute atomic E-state index is 0.0640. The van der Waals surface area contributed by atoms with Crippen molar-refractivity contribution in [2.24, 2.45) is 0 Å². The van der Waals surface area contributed by atoms with E-state index in [0.29, 0.717) is 27.9 Å². The highest BCUT2D eigenvalue weighted by Gasteiger charge is 2.34. The lowest BCUT2D eigenvalue weighted by molar-refractivity contribution is 0.0733. The quantitative estimate of drug-likeness (QED) is 0.577. The number of thiophene rings is 1. The lowest BCUT2D eigenvalue weighted by Crippen LogP contribution is -2.32. The zero-order valence-corrected chi connectivity index (χ0v) is 17.5. The van der Waals surface area contributed by atoms with Crippen molar-refractivity contribution in [3.05, 3.63) is 64.9 Å². The molecule has 1 aromatic carbocycles. The van der Waals surface area contributed by atoms with Crippen molar-refractivity contribution in [3.63, 3.8) is 0 Å². The summed E-state index contributed by atoms with van der Waals surface area (Å²) in [6.45, 7) is 0.426. The smallest absolute Gasteiger partial charge is 0.291 e. The molecule has 1 fully saturated rings. The predicted molar refractivity (Wildman–Crippen MR) is 113 cm³/mol. The second-order valence-electron chi connectivity index (χ2n) is 6.94. The Morgan fingerprint density at radius 3 is 2.67 bits per heavy atom. The number of nitrogens with zero attached hydrogens (tertiary/aromatic N) is 1. The predicted octanol–water partition coefficient (Wildman–Crippen LogP) is 4.42. The third kappa shape index (κ3) is 4.33. The van der Waals surface area contributed by atoms with Crippen LogP contribution in [0.15, 0.2) is 53.1 Å². The topological polar surface area (TPSA) is 81.0 Å². The summed E-state index contributed by atoms with van der Waals surface area (Å²) < 4.78 is 15.9. The molecule has 156 valence electrons. The lowest BCUT2D eigenvalue weighted by Gasteiger charge is -2.23. The highest BCUT2D eigenvalue weighted by Crippen LogP contribution is 2.34. The molecule has 1 saturated carbocycles. The first kappa shape index (κ1) is 20.0. The van der Waals surface area contributed by atoms with Gasteiger partial charge < -0.3 is 24.1 Å². The average molecular weight is 426 g/mol. The number of anilines is 1. The van der Waals surface area contributed by atoms with Gasteiger partial charge in [-0.2, -0.15) is 0 Å². The van der Waals surface area contributed by atoms with E-state index >= 15 is 0 Å². The number of furan rings is 1. The third-order valence-corrected chi connectivity index (χ3v) is 5.86. The molecule has 0 radical (unpaired) electrons. The fourth-order valence-electron chi connectivity index (χ4n) is 3.18. The van der Waals surface area contributed by atoms with Gasteiger partial charge in [-0.3, -0.25) is 9.59 Å². The maximum absolute atomic E-state index is 13.2. The molecular formula is C22H22N2O5S. The second-order valence-corrected chi connectivity index (χ2v) is 8.02. The van der Waals surface area contributed by atoms with Gasteiger partial charge in [0, 0.05) is 11.6 Å². The van der Waals surface area contributed by atoms with Gasteiger partial charge in [0.1, 0.15) is 11.5 Å². The minimum atomic E-state index is -0.346. The summed E-state index contributed by atoms with van der Waals surface area (Å²) >= 11 is 1.25. The van der Waals surface area contributed by atoms with Crippen LogP contribution >= 0.6 is 11.3 Å². The number of hydrogen-bond donors (Lipinski definition) is 1. The van der Waals surface area contributed by atoms with E-state index in [1.807, 2.05) is 23.1 Å². The number of ether oxygens (including phenoxy) is 2. The average Bonchev–Trinajstić information content (AvgIpc) is 3.25. The highest BCUT2D eigenvalue weighted by atomic mass is 32.1. The van der Waals surface area contributed by atoms with Gasteiger partial charge in [-0.25, -0.2) is 0 Å². The molecule has 1 N–H and O–H groups in total. The van der Waals surface area contributed by atoms with E-state index in [-0.39, 0.29) is 23.6 Å². The molecule has 7 nitrogen and oxygen atoms in total. The Bertz CT molecular complexity index is 1040. The summed E-state index contributed by atoms with van der Waals surface area (Å²) in [6, 6.07) is 12.5. The summed E-state index contributed by atoms with van der Waals surface area (Å²) in [5, 5.41) is 3.36. The van der Waals surface area contributed by atoms with Crippen molar-refractivity contribution in [3.8, 4) is 11.5 Å². The van der Waals surface area contributed by atoms with Crippen LogP contribution in [-0.2, 0) is 6.54 Å². The molecule has 1 aliphatic rings. The monoisotopic (exact) mass is 426 g/mol. The Labute approximate surface area is 178 Å². The molecule has 0 saturated heterocycles. The first-order valence-corrected chi connectivity index (χ1v) is 10.4. The van der Waals surface area contributed by atoms with E-state index in [4.69, 9.17) is 13.9 Å². The molecule has 3 aromatic rings. The number of rotatable bonds is 8. The van der Waals surface area contributed by atoms with Crippen LogP contribution in [-0.4, -0.2) is 37.0 Å². The molecule has 0 spiro atoms. The molecule has 0 atom stereocenters. The lowest BCUT2D eigenvalue weighted by atomic mass is 10.1. The summed E-state index contributed by atoms with van der Waals surface area (Å²) in [5.41, 5.74) is 0.889. The highest BCUT2D eigenvalue weighted by molar-refractivity contribution is 7.18. The van der Waals surface area contributed by atoms with E-state index in [1.165, 1.54) is 17.6 Å². The molecule has 4 rings (SSSR count). The first-order chi connectivity index (χ1) is 14.6. The molecule has 2 amide bonds. The normalized spacial score (nSPS) is 13.0. The Morgan fingerprint density at radius 2 is 2.00 bits per heavy atom.